The van der Waals surface area contributed by atoms with Gasteiger partial charge in [-0.25, -0.2) is 0 Å². The Morgan fingerprint density at radius 1 is 1.62 bits per heavy atom. The third-order valence-corrected chi connectivity index (χ3v) is 2.33. The number of hydrogen-bond donors (Lipinski definition) is 2. The largest absolute Gasteiger partial charge is 0.354 e. The van der Waals surface area contributed by atoms with Crippen LogP contribution in [0, 0.1) is 5.92 Å². The first-order chi connectivity index (χ1) is 7.52. The highest BCUT2D eigenvalue weighted by atomic mass is 16.1. The molecule has 5 nitrogen and oxygen atoms in total. The average Bonchev–Trinajstić information content (AvgIpc) is 2.59. The smallest absolute Gasteiger partial charge is 0.224 e. The van der Waals surface area contributed by atoms with E-state index in [9.17, 15) is 4.79 Å². The molecule has 3 N–H and O–H groups in total. The molecule has 90 valence electrons. The van der Waals surface area contributed by atoms with Crippen molar-refractivity contribution in [2.24, 2.45) is 18.7 Å². The molecule has 0 aliphatic heterocycles. The van der Waals surface area contributed by atoms with Gasteiger partial charge in [-0.1, -0.05) is 0 Å². The Labute approximate surface area is 96.0 Å². The van der Waals surface area contributed by atoms with Gasteiger partial charge < -0.3 is 11.1 Å². The Balaban J connectivity index is 2.58. The first-order valence-electron chi connectivity index (χ1n) is 5.51. The molecule has 1 unspecified atom stereocenters. The molecule has 5 heteroatoms. The van der Waals surface area contributed by atoms with Crippen LogP contribution in [0.4, 0.5) is 0 Å². The van der Waals surface area contributed by atoms with Gasteiger partial charge in [-0.3, -0.25) is 9.48 Å². The van der Waals surface area contributed by atoms with Crippen molar-refractivity contribution in [3.05, 3.63) is 18.0 Å². The third kappa shape index (κ3) is 3.66. The van der Waals surface area contributed by atoms with Crippen molar-refractivity contribution in [2.45, 2.75) is 26.3 Å². The molecule has 0 saturated heterocycles. The molecule has 1 heterocycles. The van der Waals surface area contributed by atoms with E-state index < -0.39 is 0 Å². The van der Waals surface area contributed by atoms with E-state index in [1.807, 2.05) is 27.1 Å². The lowest BCUT2D eigenvalue weighted by molar-refractivity contribution is -0.125. The lowest BCUT2D eigenvalue weighted by atomic mass is 10.0. The minimum atomic E-state index is -0.174. The summed E-state index contributed by atoms with van der Waals surface area (Å²) in [6.07, 6.45) is 4.32. The third-order valence-electron chi connectivity index (χ3n) is 2.33. The number of amides is 1. The van der Waals surface area contributed by atoms with Crippen molar-refractivity contribution in [1.29, 1.82) is 0 Å². The number of nitrogens with two attached hydrogens (primary N) is 1. The number of nitrogens with zero attached hydrogens (tertiary/aromatic N) is 2. The second-order valence-electron chi connectivity index (χ2n) is 4.32. The van der Waals surface area contributed by atoms with Crippen molar-refractivity contribution < 1.29 is 4.79 Å². The number of aryl methyl sites for hydroxylation is 1. The van der Waals surface area contributed by atoms with Crippen LogP contribution in [0.2, 0.25) is 0 Å². The van der Waals surface area contributed by atoms with Gasteiger partial charge in [-0.05, 0) is 25.8 Å². The molecule has 0 aromatic carbocycles. The van der Waals surface area contributed by atoms with Crippen LogP contribution in [0.1, 0.15) is 19.4 Å². The van der Waals surface area contributed by atoms with Gasteiger partial charge in [0.25, 0.3) is 0 Å². The maximum Gasteiger partial charge on any atom is 0.224 e. The topological polar surface area (TPSA) is 72.9 Å². The minimum Gasteiger partial charge on any atom is -0.354 e. The van der Waals surface area contributed by atoms with Crippen LogP contribution < -0.4 is 11.1 Å². The van der Waals surface area contributed by atoms with Gasteiger partial charge in [-0.15, -0.1) is 0 Å². The highest BCUT2D eigenvalue weighted by molar-refractivity contribution is 5.79. The van der Waals surface area contributed by atoms with Gasteiger partial charge in [0.2, 0.25) is 5.91 Å². The van der Waals surface area contributed by atoms with E-state index in [4.69, 9.17) is 5.73 Å². The fourth-order valence-electron chi connectivity index (χ4n) is 1.55. The van der Waals surface area contributed by atoms with Crippen LogP contribution >= 0.6 is 0 Å². The van der Waals surface area contributed by atoms with Crippen molar-refractivity contribution in [2.75, 3.05) is 6.54 Å². The molecule has 16 heavy (non-hydrogen) atoms. The Morgan fingerprint density at radius 2 is 2.31 bits per heavy atom. The van der Waals surface area contributed by atoms with Gasteiger partial charge in [0.1, 0.15) is 0 Å². The molecule has 0 spiro atoms. The van der Waals surface area contributed by atoms with Crippen LogP contribution in [0.15, 0.2) is 12.4 Å². The van der Waals surface area contributed by atoms with E-state index in [0.717, 1.165) is 5.56 Å². The van der Waals surface area contributed by atoms with E-state index in [0.29, 0.717) is 13.0 Å². The zero-order valence-electron chi connectivity index (χ0n) is 10.1. The predicted octanol–water partition coefficient (Wildman–Crippen LogP) is 0.0621. The second-order valence-corrected chi connectivity index (χ2v) is 4.32. The quantitative estimate of drug-likeness (QED) is 0.743. The summed E-state index contributed by atoms with van der Waals surface area (Å²) in [6, 6.07) is 0.149. The normalized spacial score (nSPS) is 12.8. The molecular formula is C11H20N4O. The van der Waals surface area contributed by atoms with E-state index in [-0.39, 0.29) is 17.9 Å². The Morgan fingerprint density at radius 3 is 2.75 bits per heavy atom. The van der Waals surface area contributed by atoms with Crippen LogP contribution in [-0.4, -0.2) is 28.3 Å². The van der Waals surface area contributed by atoms with Gasteiger partial charge in [0.05, 0.1) is 12.1 Å². The monoisotopic (exact) mass is 224 g/mol. The number of hydrogen-bond acceptors (Lipinski definition) is 3. The molecule has 1 atom stereocenters. The van der Waals surface area contributed by atoms with Crippen LogP contribution in [0.5, 0.6) is 0 Å². The number of carbonyl (C=O) groups excluding carboxylic acids is 1. The molecule has 1 aromatic rings. The molecule has 1 rings (SSSR count). The summed E-state index contributed by atoms with van der Waals surface area (Å²) in [5, 5.41) is 6.94. The maximum absolute atomic E-state index is 11.8. The van der Waals surface area contributed by atoms with Crippen molar-refractivity contribution in [1.82, 2.24) is 15.1 Å². The van der Waals surface area contributed by atoms with Crippen LogP contribution in [0.3, 0.4) is 0 Å². The molecular weight excluding hydrogens is 204 g/mol. The van der Waals surface area contributed by atoms with Gasteiger partial charge in [0.15, 0.2) is 0 Å². The van der Waals surface area contributed by atoms with Crippen molar-refractivity contribution in [3.8, 4) is 0 Å². The summed E-state index contributed by atoms with van der Waals surface area (Å²) in [5.74, 6) is -0.159. The average molecular weight is 224 g/mol. The molecule has 0 radical (unpaired) electrons. The van der Waals surface area contributed by atoms with Gasteiger partial charge in [0, 0.05) is 25.8 Å². The van der Waals surface area contributed by atoms with E-state index in [2.05, 4.69) is 10.4 Å². The van der Waals surface area contributed by atoms with Crippen molar-refractivity contribution in [3.63, 3.8) is 0 Å². The molecule has 0 saturated carbocycles. The molecule has 1 amide bonds. The van der Waals surface area contributed by atoms with Crippen LogP contribution in [-0.2, 0) is 18.3 Å². The van der Waals surface area contributed by atoms with Gasteiger partial charge in [-0.2, -0.15) is 5.10 Å². The van der Waals surface area contributed by atoms with Crippen molar-refractivity contribution >= 4 is 5.91 Å². The molecule has 0 aliphatic carbocycles. The Bertz CT molecular complexity index is 346. The Hall–Kier alpha value is -1.36. The highest BCUT2D eigenvalue weighted by Crippen LogP contribution is 2.07. The maximum atomic E-state index is 11.8. The molecule has 0 aliphatic rings. The fraction of sp³-hybridized carbons (Fsp3) is 0.636. The molecule has 0 fully saturated rings. The Kier molecular flexibility index (Phi) is 4.49. The zero-order valence-corrected chi connectivity index (χ0v) is 10.1. The summed E-state index contributed by atoms with van der Waals surface area (Å²) in [4.78, 5) is 11.8. The zero-order chi connectivity index (χ0) is 12.1. The number of rotatable bonds is 5. The summed E-state index contributed by atoms with van der Waals surface area (Å²) in [5.41, 5.74) is 6.65. The summed E-state index contributed by atoms with van der Waals surface area (Å²) in [6.45, 7) is 4.23. The lowest BCUT2D eigenvalue weighted by Crippen LogP contribution is -2.39. The van der Waals surface area contributed by atoms with E-state index in [1.54, 1.807) is 10.9 Å². The first kappa shape index (κ1) is 12.7. The van der Waals surface area contributed by atoms with Gasteiger partial charge >= 0.3 is 0 Å². The standard InChI is InChI=1S/C11H20N4O/c1-8(2)14-11(16)10(5-12)4-9-6-13-15(3)7-9/h6-8,10H,4-5,12H2,1-3H3,(H,14,16). The number of nitrogens with one attached hydrogen (secondary N) is 1. The SMILES string of the molecule is CC(C)NC(=O)C(CN)Cc1cnn(C)c1. The summed E-state index contributed by atoms with van der Waals surface area (Å²) in [7, 11) is 1.86. The minimum absolute atomic E-state index is 0.0151. The van der Waals surface area contributed by atoms with E-state index in [1.165, 1.54) is 0 Å². The molecule has 0 bridgehead atoms. The second kappa shape index (κ2) is 5.65. The summed E-state index contributed by atoms with van der Waals surface area (Å²) >= 11 is 0. The van der Waals surface area contributed by atoms with Crippen LogP contribution in [0.25, 0.3) is 0 Å². The summed E-state index contributed by atoms with van der Waals surface area (Å²) < 4.78 is 1.73. The fourth-order valence-corrected chi connectivity index (χ4v) is 1.55. The van der Waals surface area contributed by atoms with E-state index >= 15 is 0 Å². The predicted molar refractivity (Wildman–Crippen MR) is 62.7 cm³/mol. The number of carbonyl (C=O) groups is 1. The first-order valence-corrected chi connectivity index (χ1v) is 5.51. The number of aromatic nitrogens is 2. The molecule has 1 aromatic heterocycles. The lowest BCUT2D eigenvalue weighted by Gasteiger charge is -2.16. The highest BCUT2D eigenvalue weighted by Gasteiger charge is 2.18.